The first-order valence-electron chi connectivity index (χ1n) is 17.3. The van der Waals surface area contributed by atoms with Gasteiger partial charge in [-0.15, -0.1) is 0 Å². The maximum Gasteiger partial charge on any atom is 0.164 e. The number of hydrogen-bond acceptors (Lipinski definition) is 5. The maximum atomic E-state index is 5.35. The molecule has 0 radical (unpaired) electrons. The standard InChI is InChI=1S/C47H29N5/c1-3-12-33(13-4-1)45-50-46(34-14-5-2-6-15-34)52-47(51-45)35-22-20-31(21-23-35)44-42-39(38-17-9-10-18-41(38)49-44)27-25-32-26-28-40(48-43(32)42)37-24-19-30-11-7-8-16-36(30)29-37/h1-29H. The predicted molar refractivity (Wildman–Crippen MR) is 213 cm³/mol. The molecule has 0 aliphatic carbocycles. The summed E-state index contributed by atoms with van der Waals surface area (Å²) in [6, 6.07) is 60.5. The molecule has 0 aliphatic heterocycles. The minimum Gasteiger partial charge on any atom is -0.247 e. The van der Waals surface area contributed by atoms with Gasteiger partial charge in [0, 0.05) is 44.0 Å². The SMILES string of the molecule is c1ccc(-c2nc(-c3ccccc3)nc(-c3ccc(-c4nc5ccccc5c5ccc6ccc(-c7ccc8ccccc8c7)nc6c45)cc3)n2)cc1. The molecule has 0 unspecified atom stereocenters. The average molecular weight is 664 g/mol. The molecule has 3 aromatic heterocycles. The van der Waals surface area contributed by atoms with Gasteiger partial charge in [0.15, 0.2) is 17.5 Å². The Morgan fingerprint density at radius 3 is 1.56 bits per heavy atom. The number of fused-ring (bicyclic) bond motifs is 6. The van der Waals surface area contributed by atoms with Crippen molar-refractivity contribution in [1.82, 2.24) is 24.9 Å². The lowest BCUT2D eigenvalue weighted by atomic mass is 9.96. The molecule has 10 rings (SSSR count). The fourth-order valence-corrected chi connectivity index (χ4v) is 7.06. The summed E-state index contributed by atoms with van der Waals surface area (Å²) in [5.41, 5.74) is 8.54. The third kappa shape index (κ3) is 5.24. The summed E-state index contributed by atoms with van der Waals surface area (Å²) in [6.45, 7) is 0. The van der Waals surface area contributed by atoms with Crippen molar-refractivity contribution in [3.8, 4) is 56.7 Å². The van der Waals surface area contributed by atoms with E-state index in [1.165, 1.54) is 10.8 Å². The van der Waals surface area contributed by atoms with Gasteiger partial charge >= 0.3 is 0 Å². The highest BCUT2D eigenvalue weighted by molar-refractivity contribution is 6.20. The third-order valence-corrected chi connectivity index (χ3v) is 9.69. The predicted octanol–water partition coefficient (Wildman–Crippen LogP) is 11.6. The molecule has 0 amide bonds. The van der Waals surface area contributed by atoms with Crippen LogP contribution < -0.4 is 0 Å². The lowest BCUT2D eigenvalue weighted by Crippen LogP contribution is -2.00. The van der Waals surface area contributed by atoms with Crippen LogP contribution >= 0.6 is 0 Å². The molecule has 10 aromatic rings. The number of rotatable bonds is 5. The van der Waals surface area contributed by atoms with Crippen LogP contribution in [-0.2, 0) is 0 Å². The van der Waals surface area contributed by atoms with Crippen LogP contribution in [0.25, 0.3) is 100 Å². The van der Waals surface area contributed by atoms with Gasteiger partial charge in [-0.2, -0.15) is 0 Å². The number of pyridine rings is 2. The van der Waals surface area contributed by atoms with Crippen molar-refractivity contribution in [3.63, 3.8) is 0 Å². The second-order valence-corrected chi connectivity index (χ2v) is 12.9. The van der Waals surface area contributed by atoms with E-state index in [4.69, 9.17) is 24.9 Å². The van der Waals surface area contributed by atoms with Crippen LogP contribution in [0.3, 0.4) is 0 Å². The molecule has 5 heteroatoms. The van der Waals surface area contributed by atoms with Gasteiger partial charge in [-0.05, 0) is 34.4 Å². The van der Waals surface area contributed by atoms with Crippen LogP contribution in [0, 0.1) is 0 Å². The van der Waals surface area contributed by atoms with E-state index in [2.05, 4.69) is 109 Å². The minimum atomic E-state index is 0.614. The van der Waals surface area contributed by atoms with Gasteiger partial charge < -0.3 is 0 Å². The largest absolute Gasteiger partial charge is 0.247 e. The number of hydrogen-bond donors (Lipinski definition) is 0. The lowest BCUT2D eigenvalue weighted by Gasteiger charge is -2.14. The zero-order chi connectivity index (χ0) is 34.4. The highest BCUT2D eigenvalue weighted by atomic mass is 15.0. The molecule has 0 spiro atoms. The Bertz CT molecular complexity index is 2880. The van der Waals surface area contributed by atoms with Crippen molar-refractivity contribution >= 4 is 43.4 Å². The fraction of sp³-hybridized carbons (Fsp3) is 0. The monoisotopic (exact) mass is 663 g/mol. The third-order valence-electron chi connectivity index (χ3n) is 9.69. The van der Waals surface area contributed by atoms with E-state index in [9.17, 15) is 0 Å². The Labute approximate surface area is 300 Å². The summed E-state index contributed by atoms with van der Waals surface area (Å²) < 4.78 is 0. The average Bonchev–Trinajstić information content (AvgIpc) is 3.23. The molecular formula is C47H29N5. The van der Waals surface area contributed by atoms with Crippen molar-refractivity contribution in [2.75, 3.05) is 0 Å². The molecule has 7 aromatic carbocycles. The summed E-state index contributed by atoms with van der Waals surface area (Å²) in [6.07, 6.45) is 0. The van der Waals surface area contributed by atoms with Crippen molar-refractivity contribution in [3.05, 3.63) is 176 Å². The van der Waals surface area contributed by atoms with Gasteiger partial charge in [0.2, 0.25) is 0 Å². The Kier molecular flexibility index (Phi) is 7.07. The molecule has 0 atom stereocenters. The van der Waals surface area contributed by atoms with Gasteiger partial charge in [0.05, 0.1) is 22.4 Å². The summed E-state index contributed by atoms with van der Waals surface area (Å²) in [5, 5.41) is 6.73. The van der Waals surface area contributed by atoms with E-state index < -0.39 is 0 Å². The molecular weight excluding hydrogens is 635 g/mol. The van der Waals surface area contributed by atoms with Gasteiger partial charge in [0.1, 0.15) is 0 Å². The second kappa shape index (κ2) is 12.3. The van der Waals surface area contributed by atoms with E-state index in [0.717, 1.165) is 71.8 Å². The molecule has 0 aliphatic rings. The molecule has 0 N–H and O–H groups in total. The first-order valence-corrected chi connectivity index (χ1v) is 17.3. The quantitative estimate of drug-likeness (QED) is 0.171. The molecule has 0 saturated carbocycles. The van der Waals surface area contributed by atoms with E-state index >= 15 is 0 Å². The van der Waals surface area contributed by atoms with Crippen molar-refractivity contribution in [2.45, 2.75) is 0 Å². The van der Waals surface area contributed by atoms with E-state index in [0.29, 0.717) is 17.5 Å². The van der Waals surface area contributed by atoms with Gasteiger partial charge in [-0.3, -0.25) is 0 Å². The normalized spacial score (nSPS) is 11.5. The van der Waals surface area contributed by atoms with Crippen LogP contribution in [0.4, 0.5) is 0 Å². The van der Waals surface area contributed by atoms with Gasteiger partial charge in [-0.25, -0.2) is 24.9 Å². The van der Waals surface area contributed by atoms with Crippen LogP contribution in [0.2, 0.25) is 0 Å². The van der Waals surface area contributed by atoms with Crippen molar-refractivity contribution in [1.29, 1.82) is 0 Å². The highest BCUT2D eigenvalue weighted by Crippen LogP contribution is 2.38. The van der Waals surface area contributed by atoms with Crippen LogP contribution in [-0.4, -0.2) is 24.9 Å². The van der Waals surface area contributed by atoms with Crippen LogP contribution in [0.15, 0.2) is 176 Å². The number of nitrogens with zero attached hydrogens (tertiary/aromatic N) is 5. The summed E-state index contributed by atoms with van der Waals surface area (Å²) in [5.74, 6) is 1.88. The van der Waals surface area contributed by atoms with Gasteiger partial charge in [-0.1, -0.05) is 158 Å². The fourth-order valence-electron chi connectivity index (χ4n) is 7.06. The smallest absolute Gasteiger partial charge is 0.164 e. The first-order chi connectivity index (χ1) is 25.7. The Morgan fingerprint density at radius 1 is 0.308 bits per heavy atom. The maximum absolute atomic E-state index is 5.35. The lowest BCUT2D eigenvalue weighted by molar-refractivity contribution is 1.07. The molecule has 0 fully saturated rings. The molecule has 5 nitrogen and oxygen atoms in total. The van der Waals surface area contributed by atoms with Crippen molar-refractivity contribution < 1.29 is 0 Å². The summed E-state index contributed by atoms with van der Waals surface area (Å²) in [4.78, 5) is 25.4. The second-order valence-electron chi connectivity index (χ2n) is 12.9. The topological polar surface area (TPSA) is 64.5 Å². The van der Waals surface area contributed by atoms with Crippen LogP contribution in [0.1, 0.15) is 0 Å². The zero-order valence-corrected chi connectivity index (χ0v) is 28.0. The molecule has 242 valence electrons. The van der Waals surface area contributed by atoms with Crippen LogP contribution in [0.5, 0.6) is 0 Å². The minimum absolute atomic E-state index is 0.614. The summed E-state index contributed by atoms with van der Waals surface area (Å²) >= 11 is 0. The van der Waals surface area contributed by atoms with E-state index in [-0.39, 0.29) is 0 Å². The number of para-hydroxylation sites is 1. The van der Waals surface area contributed by atoms with Gasteiger partial charge in [0.25, 0.3) is 0 Å². The molecule has 0 bridgehead atoms. The van der Waals surface area contributed by atoms with E-state index in [1.54, 1.807) is 0 Å². The van der Waals surface area contributed by atoms with Crippen molar-refractivity contribution in [2.24, 2.45) is 0 Å². The zero-order valence-electron chi connectivity index (χ0n) is 28.0. The highest BCUT2D eigenvalue weighted by Gasteiger charge is 2.17. The number of benzene rings is 7. The molecule has 52 heavy (non-hydrogen) atoms. The summed E-state index contributed by atoms with van der Waals surface area (Å²) in [7, 11) is 0. The Balaban J connectivity index is 1.14. The Morgan fingerprint density at radius 2 is 0.846 bits per heavy atom. The number of aromatic nitrogens is 5. The first kappa shape index (κ1) is 29.8. The van der Waals surface area contributed by atoms with E-state index in [1.807, 2.05) is 66.7 Å². The molecule has 3 heterocycles. The Hall–Kier alpha value is -7.11. The molecule has 0 saturated heterocycles.